The van der Waals surface area contributed by atoms with E-state index in [0.717, 1.165) is 12.1 Å². The molecule has 1 aliphatic rings. The van der Waals surface area contributed by atoms with Crippen LogP contribution < -0.4 is 0 Å². The lowest BCUT2D eigenvalue weighted by atomic mass is 10.2. The van der Waals surface area contributed by atoms with Crippen LogP contribution in [0, 0.1) is 0 Å². The molecule has 4 heteroatoms. The number of carbonyl (C=O) groups excluding carboxylic acids is 1. The molecule has 15 heavy (non-hydrogen) atoms. The van der Waals surface area contributed by atoms with E-state index in [1.165, 1.54) is 0 Å². The predicted octanol–water partition coefficient (Wildman–Crippen LogP) is 2.09. The Kier molecular flexibility index (Phi) is 3.37. The van der Waals surface area contributed by atoms with Crippen molar-refractivity contribution >= 4 is 11.8 Å². The Hall–Kier alpha value is -1.06. The fourth-order valence-electron chi connectivity index (χ4n) is 1.60. The van der Waals surface area contributed by atoms with Crippen molar-refractivity contribution < 1.29 is 9.53 Å². The van der Waals surface area contributed by atoms with Gasteiger partial charge in [-0.3, -0.25) is 9.89 Å². The summed E-state index contributed by atoms with van der Waals surface area (Å²) in [5, 5.41) is 0. The molecule has 0 N–H and O–H groups in total. The third kappa shape index (κ3) is 3.22. The van der Waals surface area contributed by atoms with Crippen molar-refractivity contribution in [2.75, 3.05) is 13.6 Å². The Morgan fingerprint density at radius 2 is 2.13 bits per heavy atom. The van der Waals surface area contributed by atoms with E-state index in [0.29, 0.717) is 6.54 Å². The summed E-state index contributed by atoms with van der Waals surface area (Å²) < 4.78 is 5.32. The summed E-state index contributed by atoms with van der Waals surface area (Å²) in [4.78, 5) is 17.6. The van der Waals surface area contributed by atoms with Gasteiger partial charge in [-0.15, -0.1) is 0 Å². The number of carbonyl (C=O) groups is 1. The Bertz CT molecular complexity index is 279. The van der Waals surface area contributed by atoms with Gasteiger partial charge in [-0.05, 0) is 27.7 Å². The second-order valence-corrected chi connectivity index (χ2v) is 4.95. The molecular formula is C11H20N2O2. The molecule has 0 aromatic heterocycles. The monoisotopic (exact) mass is 212 g/mol. The Balaban J connectivity index is 2.62. The Morgan fingerprint density at radius 1 is 1.53 bits per heavy atom. The topological polar surface area (TPSA) is 41.9 Å². The van der Waals surface area contributed by atoms with Crippen LogP contribution in [0.4, 0.5) is 4.79 Å². The molecule has 0 spiro atoms. The lowest BCUT2D eigenvalue weighted by molar-refractivity contribution is 0.0245. The van der Waals surface area contributed by atoms with Crippen molar-refractivity contribution in [1.82, 2.24) is 4.90 Å². The lowest BCUT2D eigenvalue weighted by Gasteiger charge is -2.26. The van der Waals surface area contributed by atoms with E-state index in [1.54, 1.807) is 11.9 Å². The molecule has 0 radical (unpaired) electrons. The number of likely N-dealkylation sites (tertiary alicyclic amines) is 1. The Morgan fingerprint density at radius 3 is 2.53 bits per heavy atom. The van der Waals surface area contributed by atoms with Gasteiger partial charge in [0.15, 0.2) is 0 Å². The van der Waals surface area contributed by atoms with Crippen LogP contribution in [0.3, 0.4) is 0 Å². The van der Waals surface area contributed by atoms with Gasteiger partial charge in [-0.2, -0.15) is 0 Å². The summed E-state index contributed by atoms with van der Waals surface area (Å²) >= 11 is 0. The molecule has 0 aromatic carbocycles. The normalized spacial score (nSPS) is 24.7. The summed E-state index contributed by atoms with van der Waals surface area (Å²) in [5.74, 6) is 0. The van der Waals surface area contributed by atoms with Gasteiger partial charge in [0.1, 0.15) is 5.60 Å². The SMILES string of the molecule is C/N=C1\CC(C)N(C(=O)OC(C)(C)C)C1. The third-order valence-electron chi connectivity index (χ3n) is 2.36. The lowest BCUT2D eigenvalue weighted by Crippen LogP contribution is -2.38. The zero-order valence-electron chi connectivity index (χ0n) is 10.2. The maximum Gasteiger partial charge on any atom is 0.410 e. The van der Waals surface area contributed by atoms with Gasteiger partial charge in [-0.25, -0.2) is 4.79 Å². The quantitative estimate of drug-likeness (QED) is 0.617. The maximum absolute atomic E-state index is 11.8. The second kappa shape index (κ2) is 4.21. The van der Waals surface area contributed by atoms with Gasteiger partial charge in [0.2, 0.25) is 0 Å². The molecule has 1 amide bonds. The molecular weight excluding hydrogens is 192 g/mol. The fraction of sp³-hybridized carbons (Fsp3) is 0.818. The van der Waals surface area contributed by atoms with Gasteiger partial charge in [0, 0.05) is 25.2 Å². The summed E-state index contributed by atoms with van der Waals surface area (Å²) in [5.41, 5.74) is 0.636. The van der Waals surface area contributed by atoms with Crippen molar-refractivity contribution in [2.45, 2.75) is 45.8 Å². The van der Waals surface area contributed by atoms with Gasteiger partial charge in [0.05, 0.1) is 6.54 Å². The van der Waals surface area contributed by atoms with E-state index in [1.807, 2.05) is 27.7 Å². The molecule has 1 aliphatic heterocycles. The van der Waals surface area contributed by atoms with Crippen LogP contribution in [-0.4, -0.2) is 41.9 Å². The van der Waals surface area contributed by atoms with Crippen LogP contribution in [0.5, 0.6) is 0 Å². The molecule has 1 unspecified atom stereocenters. The Labute approximate surface area is 91.3 Å². The highest BCUT2D eigenvalue weighted by Crippen LogP contribution is 2.18. The van der Waals surface area contributed by atoms with Crippen molar-refractivity contribution in [3.8, 4) is 0 Å². The van der Waals surface area contributed by atoms with E-state index < -0.39 is 5.60 Å². The minimum Gasteiger partial charge on any atom is -0.444 e. The average Bonchev–Trinajstić information content (AvgIpc) is 2.43. The highest BCUT2D eigenvalue weighted by molar-refractivity contribution is 5.92. The molecule has 1 saturated heterocycles. The van der Waals surface area contributed by atoms with Crippen LogP contribution in [0.1, 0.15) is 34.1 Å². The fourth-order valence-corrected chi connectivity index (χ4v) is 1.60. The molecule has 0 aromatic rings. The first-order chi connectivity index (χ1) is 6.83. The number of ether oxygens (including phenoxy) is 1. The van der Waals surface area contributed by atoms with Crippen LogP contribution in [0.2, 0.25) is 0 Å². The summed E-state index contributed by atoms with van der Waals surface area (Å²) in [6, 6.07) is 0.193. The van der Waals surface area contributed by atoms with E-state index in [9.17, 15) is 4.79 Å². The molecule has 0 bridgehead atoms. The average molecular weight is 212 g/mol. The summed E-state index contributed by atoms with van der Waals surface area (Å²) in [6.07, 6.45) is 0.615. The van der Waals surface area contributed by atoms with Crippen molar-refractivity contribution in [3.05, 3.63) is 0 Å². The van der Waals surface area contributed by atoms with E-state index >= 15 is 0 Å². The van der Waals surface area contributed by atoms with E-state index in [-0.39, 0.29) is 12.1 Å². The zero-order valence-corrected chi connectivity index (χ0v) is 10.2. The number of rotatable bonds is 0. The first-order valence-electron chi connectivity index (χ1n) is 5.27. The van der Waals surface area contributed by atoms with Gasteiger partial charge >= 0.3 is 6.09 Å². The zero-order chi connectivity index (χ0) is 11.6. The first-order valence-corrected chi connectivity index (χ1v) is 5.27. The van der Waals surface area contributed by atoms with Gasteiger partial charge in [-0.1, -0.05) is 0 Å². The van der Waals surface area contributed by atoms with Gasteiger partial charge in [0.25, 0.3) is 0 Å². The smallest absolute Gasteiger partial charge is 0.410 e. The van der Waals surface area contributed by atoms with Crippen molar-refractivity contribution in [3.63, 3.8) is 0 Å². The summed E-state index contributed by atoms with van der Waals surface area (Å²) in [6.45, 7) is 8.25. The highest BCUT2D eigenvalue weighted by atomic mass is 16.6. The first kappa shape index (κ1) is 12.0. The molecule has 0 saturated carbocycles. The molecule has 1 heterocycles. The van der Waals surface area contributed by atoms with Crippen LogP contribution in [0.15, 0.2) is 4.99 Å². The molecule has 4 nitrogen and oxygen atoms in total. The van der Waals surface area contributed by atoms with Gasteiger partial charge < -0.3 is 4.74 Å². The maximum atomic E-state index is 11.8. The number of hydrogen-bond acceptors (Lipinski definition) is 3. The largest absolute Gasteiger partial charge is 0.444 e. The summed E-state index contributed by atoms with van der Waals surface area (Å²) in [7, 11) is 1.76. The molecule has 1 rings (SSSR count). The standard InChI is InChI=1S/C11H20N2O2/c1-8-6-9(12-5)7-13(8)10(14)15-11(2,3)4/h8H,6-7H2,1-5H3/b12-9+. The van der Waals surface area contributed by atoms with Crippen LogP contribution in [0.25, 0.3) is 0 Å². The minimum atomic E-state index is -0.428. The molecule has 1 atom stereocenters. The molecule has 1 fully saturated rings. The number of amides is 1. The van der Waals surface area contributed by atoms with E-state index in [2.05, 4.69) is 4.99 Å². The molecule has 0 aliphatic carbocycles. The van der Waals surface area contributed by atoms with Crippen LogP contribution in [-0.2, 0) is 4.74 Å². The predicted molar refractivity (Wildman–Crippen MR) is 60.4 cm³/mol. The van der Waals surface area contributed by atoms with Crippen LogP contribution >= 0.6 is 0 Å². The number of hydrogen-bond donors (Lipinski definition) is 0. The molecule has 86 valence electrons. The van der Waals surface area contributed by atoms with E-state index in [4.69, 9.17) is 4.74 Å². The third-order valence-corrected chi connectivity index (χ3v) is 2.36. The van der Waals surface area contributed by atoms with Crippen molar-refractivity contribution in [2.24, 2.45) is 4.99 Å². The highest BCUT2D eigenvalue weighted by Gasteiger charge is 2.32. The second-order valence-electron chi connectivity index (χ2n) is 4.95. The van der Waals surface area contributed by atoms with Crippen molar-refractivity contribution in [1.29, 1.82) is 0 Å². The minimum absolute atomic E-state index is 0.193. The number of aliphatic imine (C=N–C) groups is 1. The number of nitrogens with zero attached hydrogens (tertiary/aromatic N) is 2.